The van der Waals surface area contributed by atoms with E-state index in [0.29, 0.717) is 25.7 Å². The number of esters is 1. The van der Waals surface area contributed by atoms with Crippen molar-refractivity contribution in [2.24, 2.45) is 28.6 Å². The summed E-state index contributed by atoms with van der Waals surface area (Å²) in [6.45, 7) is 5.85. The van der Waals surface area contributed by atoms with Crippen molar-refractivity contribution >= 4 is 17.5 Å². The van der Waals surface area contributed by atoms with Crippen LogP contribution in [0.2, 0.25) is 0 Å². The first-order valence-corrected chi connectivity index (χ1v) is 15.1. The van der Waals surface area contributed by atoms with Crippen LogP contribution in [0.3, 0.4) is 0 Å². The number of rotatable bonds is 12. The molecule has 2 N–H and O–H groups in total. The number of aliphatic hydroxyl groups is 2. The summed E-state index contributed by atoms with van der Waals surface area (Å²) in [5.74, 6) is -0.634. The molecule has 0 heterocycles. The summed E-state index contributed by atoms with van der Waals surface area (Å²) >= 11 is 0. The second kappa shape index (κ2) is 11.8. The summed E-state index contributed by atoms with van der Waals surface area (Å²) in [6.07, 6.45) is 17.0. The van der Waals surface area contributed by atoms with Gasteiger partial charge in [-0.1, -0.05) is 77.4 Å². The highest BCUT2D eigenvalue weighted by atomic mass is 16.5. The fraction of sp³-hybridized carbons (Fsp3) is 0.781. The van der Waals surface area contributed by atoms with Crippen LogP contribution in [0, 0.1) is 28.6 Å². The Bertz CT molecular complexity index is 967. The van der Waals surface area contributed by atoms with E-state index in [1.165, 1.54) is 32.1 Å². The summed E-state index contributed by atoms with van der Waals surface area (Å²) in [7, 11) is 0. The van der Waals surface area contributed by atoms with Gasteiger partial charge in [0.1, 0.15) is 5.60 Å². The number of carbonyl (C=O) groups is 3. The standard InChI is InChI=1S/C32H48O6/c1-4-5-6-7-8-9-10-11-12-28(36)38-21-27(35)32(37)18-16-25-24-14-13-22-19-23(33)15-17-30(22,2)29(24)26(34)20-31(25,32)3/h15,17,19,24-26,29,34,37H,4-14,16,18,20-21H2,1-3H3/t24-,25-,26-,29+,30-,31-,32-/m0/s1. The Labute approximate surface area is 228 Å². The molecule has 0 amide bonds. The lowest BCUT2D eigenvalue weighted by Crippen LogP contribution is -2.61. The SMILES string of the molecule is CCCCCCCCCCC(=O)OCC(=O)[C@@]1(O)CC[C@H]2[C@@H]3CCC4=CC(=O)C=C[C@]4(C)[C@H]3[C@@H](O)C[C@@]21C. The third kappa shape index (κ3) is 5.32. The average molecular weight is 529 g/mol. The number of allylic oxidation sites excluding steroid dienone is 4. The van der Waals surface area contributed by atoms with Gasteiger partial charge in [0.15, 0.2) is 12.4 Å². The first-order chi connectivity index (χ1) is 18.1. The number of hydrogen-bond donors (Lipinski definition) is 2. The van der Waals surface area contributed by atoms with Gasteiger partial charge in [-0.15, -0.1) is 0 Å². The highest BCUT2D eigenvalue weighted by Crippen LogP contribution is 2.67. The molecule has 0 bridgehead atoms. The molecule has 4 aliphatic carbocycles. The van der Waals surface area contributed by atoms with Crippen LogP contribution in [-0.4, -0.2) is 46.1 Å². The topological polar surface area (TPSA) is 101 Å². The molecule has 38 heavy (non-hydrogen) atoms. The summed E-state index contributed by atoms with van der Waals surface area (Å²) in [5, 5.41) is 23.2. The van der Waals surface area contributed by atoms with Gasteiger partial charge in [0.2, 0.25) is 5.78 Å². The van der Waals surface area contributed by atoms with Crippen molar-refractivity contribution in [2.75, 3.05) is 6.61 Å². The minimum Gasteiger partial charge on any atom is -0.458 e. The lowest BCUT2D eigenvalue weighted by Gasteiger charge is -2.59. The van der Waals surface area contributed by atoms with E-state index in [4.69, 9.17) is 4.74 Å². The summed E-state index contributed by atoms with van der Waals surface area (Å²) in [5.41, 5.74) is -1.69. The van der Waals surface area contributed by atoms with Crippen LogP contribution < -0.4 is 0 Å². The molecule has 0 spiro atoms. The van der Waals surface area contributed by atoms with E-state index in [1.54, 1.807) is 12.2 Å². The zero-order valence-electron chi connectivity index (χ0n) is 23.7. The highest BCUT2D eigenvalue weighted by molar-refractivity contribution is 6.01. The van der Waals surface area contributed by atoms with Gasteiger partial charge >= 0.3 is 5.97 Å². The molecule has 0 saturated heterocycles. The van der Waals surface area contributed by atoms with Gasteiger partial charge in [-0.05, 0) is 62.5 Å². The molecular formula is C32H48O6. The maximum Gasteiger partial charge on any atom is 0.306 e. The summed E-state index contributed by atoms with van der Waals surface area (Å²) < 4.78 is 5.34. The van der Waals surface area contributed by atoms with Crippen molar-refractivity contribution in [1.29, 1.82) is 0 Å². The number of aliphatic hydroxyl groups excluding tert-OH is 1. The minimum atomic E-state index is -1.61. The van der Waals surface area contributed by atoms with Crippen molar-refractivity contribution in [3.05, 3.63) is 23.8 Å². The van der Waals surface area contributed by atoms with Gasteiger partial charge in [-0.2, -0.15) is 0 Å². The molecule has 3 saturated carbocycles. The molecule has 4 aliphatic rings. The summed E-state index contributed by atoms with van der Waals surface area (Å²) in [6, 6.07) is 0. The van der Waals surface area contributed by atoms with Crippen LogP contribution in [-0.2, 0) is 19.1 Å². The van der Waals surface area contributed by atoms with Crippen molar-refractivity contribution in [2.45, 2.75) is 122 Å². The normalized spacial score (nSPS) is 37.7. The molecule has 0 aromatic rings. The number of ether oxygens (including phenoxy) is 1. The lowest BCUT2D eigenvalue weighted by atomic mass is 9.46. The molecule has 0 radical (unpaired) electrons. The third-order valence-electron chi connectivity index (χ3n) is 10.7. The molecule has 4 rings (SSSR count). The summed E-state index contributed by atoms with van der Waals surface area (Å²) in [4.78, 5) is 37.7. The molecule has 6 nitrogen and oxygen atoms in total. The maximum atomic E-state index is 13.4. The first-order valence-electron chi connectivity index (χ1n) is 15.1. The molecule has 7 atom stereocenters. The number of ketones is 2. The zero-order valence-corrected chi connectivity index (χ0v) is 23.7. The van der Waals surface area contributed by atoms with E-state index in [1.807, 2.05) is 13.0 Å². The zero-order chi connectivity index (χ0) is 27.6. The number of carbonyl (C=O) groups excluding carboxylic acids is 3. The monoisotopic (exact) mass is 528 g/mol. The van der Waals surface area contributed by atoms with Crippen LogP contribution in [0.5, 0.6) is 0 Å². The Morgan fingerprint density at radius 1 is 1.05 bits per heavy atom. The second-order valence-corrected chi connectivity index (χ2v) is 12.9. The Morgan fingerprint density at radius 2 is 1.74 bits per heavy atom. The molecule has 0 aromatic carbocycles. The third-order valence-corrected chi connectivity index (χ3v) is 10.7. The van der Waals surface area contributed by atoms with Crippen LogP contribution >= 0.6 is 0 Å². The fourth-order valence-electron chi connectivity index (χ4n) is 8.53. The molecule has 6 heteroatoms. The van der Waals surface area contributed by atoms with Crippen LogP contribution in [0.1, 0.15) is 111 Å². The predicted molar refractivity (Wildman–Crippen MR) is 146 cm³/mol. The van der Waals surface area contributed by atoms with E-state index in [2.05, 4.69) is 13.8 Å². The molecule has 0 unspecified atom stereocenters. The van der Waals surface area contributed by atoms with Crippen LogP contribution in [0.15, 0.2) is 23.8 Å². The first kappa shape index (κ1) is 29.2. The van der Waals surface area contributed by atoms with Gasteiger partial charge in [0.25, 0.3) is 0 Å². The van der Waals surface area contributed by atoms with E-state index in [0.717, 1.165) is 37.7 Å². The average Bonchev–Trinajstić information content (AvgIpc) is 3.15. The van der Waals surface area contributed by atoms with E-state index in [9.17, 15) is 24.6 Å². The number of Topliss-reactive ketones (excluding diaryl/α,β-unsaturated/α-hetero) is 1. The van der Waals surface area contributed by atoms with Crippen molar-refractivity contribution < 1.29 is 29.3 Å². The Balaban J connectivity index is 1.33. The number of unbranched alkanes of at least 4 members (excludes halogenated alkanes) is 7. The Kier molecular flexibility index (Phi) is 9.03. The highest BCUT2D eigenvalue weighted by Gasteiger charge is 2.68. The van der Waals surface area contributed by atoms with Gasteiger partial charge in [0.05, 0.1) is 6.10 Å². The predicted octanol–water partition coefficient (Wildman–Crippen LogP) is 5.64. The Morgan fingerprint density at radius 3 is 2.45 bits per heavy atom. The van der Waals surface area contributed by atoms with Gasteiger partial charge < -0.3 is 14.9 Å². The van der Waals surface area contributed by atoms with Gasteiger partial charge in [-0.25, -0.2) is 0 Å². The fourth-order valence-corrected chi connectivity index (χ4v) is 8.53. The van der Waals surface area contributed by atoms with Crippen molar-refractivity contribution in [1.82, 2.24) is 0 Å². The lowest BCUT2D eigenvalue weighted by molar-refractivity contribution is -0.181. The van der Waals surface area contributed by atoms with E-state index in [-0.39, 0.29) is 34.9 Å². The van der Waals surface area contributed by atoms with Crippen LogP contribution in [0.4, 0.5) is 0 Å². The smallest absolute Gasteiger partial charge is 0.306 e. The van der Waals surface area contributed by atoms with Crippen molar-refractivity contribution in [3.8, 4) is 0 Å². The second-order valence-electron chi connectivity index (χ2n) is 12.9. The van der Waals surface area contributed by atoms with Crippen LogP contribution in [0.25, 0.3) is 0 Å². The largest absolute Gasteiger partial charge is 0.458 e. The molecule has 3 fully saturated rings. The quantitative estimate of drug-likeness (QED) is 0.251. The molecule has 0 aliphatic heterocycles. The minimum absolute atomic E-state index is 0.00357. The maximum absolute atomic E-state index is 13.4. The van der Waals surface area contributed by atoms with E-state index < -0.39 is 29.5 Å². The van der Waals surface area contributed by atoms with E-state index >= 15 is 0 Å². The van der Waals surface area contributed by atoms with Crippen molar-refractivity contribution in [3.63, 3.8) is 0 Å². The number of hydrogen-bond acceptors (Lipinski definition) is 6. The number of fused-ring (bicyclic) bond motifs is 5. The molecular weight excluding hydrogens is 480 g/mol. The molecule has 212 valence electrons. The van der Waals surface area contributed by atoms with Gasteiger partial charge in [0, 0.05) is 23.2 Å². The molecule has 0 aromatic heterocycles. The van der Waals surface area contributed by atoms with Gasteiger partial charge in [-0.3, -0.25) is 14.4 Å². The Hall–Kier alpha value is -1.79.